The van der Waals surface area contributed by atoms with Gasteiger partial charge in [-0.05, 0) is 48.8 Å². The van der Waals surface area contributed by atoms with Crippen molar-refractivity contribution in [1.82, 2.24) is 10.0 Å². The Morgan fingerprint density at radius 2 is 2.10 bits per heavy atom. The molecule has 0 aliphatic carbocycles. The van der Waals surface area contributed by atoms with Gasteiger partial charge in [0.05, 0.1) is 4.90 Å². The number of thioether (sulfide) groups is 1. The lowest BCUT2D eigenvalue weighted by molar-refractivity contribution is 0.528. The minimum Gasteiger partial charge on any atom is -0.312 e. The van der Waals surface area contributed by atoms with Crippen molar-refractivity contribution >= 4 is 33.1 Å². The minimum absolute atomic E-state index is 0.0950. The molecule has 0 aromatic carbocycles. The van der Waals surface area contributed by atoms with Crippen LogP contribution in [0.4, 0.5) is 0 Å². The van der Waals surface area contributed by atoms with Crippen LogP contribution in [0.3, 0.4) is 0 Å². The molecule has 1 aliphatic heterocycles. The van der Waals surface area contributed by atoms with Gasteiger partial charge in [0.1, 0.15) is 0 Å². The van der Waals surface area contributed by atoms with Crippen molar-refractivity contribution in [3.8, 4) is 0 Å². The van der Waals surface area contributed by atoms with Crippen molar-refractivity contribution in [3.63, 3.8) is 0 Å². The van der Waals surface area contributed by atoms with Gasteiger partial charge in [0.25, 0.3) is 0 Å². The maximum atomic E-state index is 12.5. The summed E-state index contributed by atoms with van der Waals surface area (Å²) in [7, 11) is -3.37. The van der Waals surface area contributed by atoms with E-state index in [4.69, 9.17) is 0 Å². The van der Waals surface area contributed by atoms with E-state index in [-0.39, 0.29) is 6.04 Å². The summed E-state index contributed by atoms with van der Waals surface area (Å²) < 4.78 is 27.8. The van der Waals surface area contributed by atoms with E-state index in [1.54, 1.807) is 6.07 Å². The lowest BCUT2D eigenvalue weighted by Gasteiger charge is -2.22. The Bertz CT molecular complexity index is 507. The Labute approximate surface area is 129 Å². The van der Waals surface area contributed by atoms with E-state index in [1.807, 2.05) is 17.1 Å². The molecule has 1 aliphatic rings. The Morgan fingerprint density at radius 1 is 1.35 bits per heavy atom. The van der Waals surface area contributed by atoms with E-state index in [9.17, 15) is 8.42 Å². The molecule has 7 heteroatoms. The van der Waals surface area contributed by atoms with E-state index in [2.05, 4.69) is 17.0 Å². The molecular weight excluding hydrogens is 312 g/mol. The topological polar surface area (TPSA) is 58.2 Å². The van der Waals surface area contributed by atoms with Crippen molar-refractivity contribution < 1.29 is 8.42 Å². The smallest absolute Gasteiger partial charge is 0.241 e. The highest BCUT2D eigenvalue weighted by Crippen LogP contribution is 2.24. The van der Waals surface area contributed by atoms with E-state index >= 15 is 0 Å². The number of hydrogen-bond donors (Lipinski definition) is 2. The Hall–Kier alpha value is -0.0800. The summed E-state index contributed by atoms with van der Waals surface area (Å²) in [6.07, 6.45) is 2.90. The molecule has 0 spiro atoms. The predicted molar refractivity (Wildman–Crippen MR) is 87.0 cm³/mol. The summed E-state index contributed by atoms with van der Waals surface area (Å²) in [5.74, 6) is 2.09. The zero-order chi connectivity index (χ0) is 14.4. The fourth-order valence-corrected chi connectivity index (χ4v) is 6.00. The van der Waals surface area contributed by atoms with Crippen molar-refractivity contribution in [2.75, 3.05) is 18.1 Å². The molecule has 114 valence electrons. The van der Waals surface area contributed by atoms with Gasteiger partial charge in [-0.3, -0.25) is 0 Å². The third-order valence-corrected chi connectivity index (χ3v) is 6.95. The van der Waals surface area contributed by atoms with Crippen LogP contribution in [0.1, 0.15) is 31.1 Å². The molecule has 4 nitrogen and oxygen atoms in total. The summed E-state index contributed by atoms with van der Waals surface area (Å²) in [5.41, 5.74) is 0. The van der Waals surface area contributed by atoms with Gasteiger partial charge in [-0.25, -0.2) is 13.1 Å². The second-order valence-electron chi connectivity index (χ2n) is 4.89. The third kappa shape index (κ3) is 4.46. The van der Waals surface area contributed by atoms with Crippen LogP contribution < -0.4 is 10.0 Å². The van der Waals surface area contributed by atoms with Gasteiger partial charge in [0.2, 0.25) is 10.0 Å². The van der Waals surface area contributed by atoms with Gasteiger partial charge < -0.3 is 5.32 Å². The molecule has 0 radical (unpaired) electrons. The average Bonchev–Trinajstić information content (AvgIpc) is 2.89. The van der Waals surface area contributed by atoms with E-state index in [0.717, 1.165) is 42.2 Å². The fourth-order valence-electron chi connectivity index (χ4n) is 2.17. The monoisotopic (exact) mass is 334 g/mol. The van der Waals surface area contributed by atoms with E-state index in [0.29, 0.717) is 11.4 Å². The molecule has 0 saturated carbocycles. The SMILES string of the molecule is CCCNCc1sccc1S(=O)(=O)NC1CCSCC1. The molecular formula is C13H22N2O2S3. The first-order valence-corrected chi connectivity index (χ1v) is 10.5. The summed E-state index contributed by atoms with van der Waals surface area (Å²) in [4.78, 5) is 1.35. The molecule has 0 bridgehead atoms. The van der Waals surface area contributed by atoms with Gasteiger partial charge in [-0.2, -0.15) is 11.8 Å². The normalized spacial score (nSPS) is 17.4. The standard InChI is InChI=1S/C13H22N2O2S3/c1-2-6-14-10-12-13(5-9-19-12)20(16,17)15-11-3-7-18-8-4-11/h5,9,11,14-15H,2-4,6-8,10H2,1H3. The highest BCUT2D eigenvalue weighted by molar-refractivity contribution is 7.99. The molecule has 1 saturated heterocycles. The van der Waals surface area contributed by atoms with Gasteiger partial charge in [-0.15, -0.1) is 11.3 Å². The van der Waals surface area contributed by atoms with Gasteiger partial charge in [0.15, 0.2) is 0 Å². The summed E-state index contributed by atoms with van der Waals surface area (Å²) in [6, 6.07) is 1.81. The fraction of sp³-hybridized carbons (Fsp3) is 0.692. The molecule has 2 rings (SSSR count). The van der Waals surface area contributed by atoms with Crippen LogP contribution in [-0.2, 0) is 16.6 Å². The molecule has 20 heavy (non-hydrogen) atoms. The van der Waals surface area contributed by atoms with Crippen LogP contribution in [-0.4, -0.2) is 32.5 Å². The number of nitrogens with one attached hydrogen (secondary N) is 2. The largest absolute Gasteiger partial charge is 0.312 e. The van der Waals surface area contributed by atoms with Crippen molar-refractivity contribution in [3.05, 3.63) is 16.3 Å². The number of sulfonamides is 1. The first-order chi connectivity index (χ1) is 9.63. The van der Waals surface area contributed by atoms with Crippen LogP contribution >= 0.6 is 23.1 Å². The van der Waals surface area contributed by atoms with Crippen LogP contribution in [0, 0.1) is 0 Å². The molecule has 1 aromatic rings. The highest BCUT2D eigenvalue weighted by Gasteiger charge is 2.24. The van der Waals surface area contributed by atoms with Gasteiger partial charge in [0, 0.05) is 17.5 Å². The highest BCUT2D eigenvalue weighted by atomic mass is 32.2. The maximum Gasteiger partial charge on any atom is 0.241 e. The van der Waals surface area contributed by atoms with E-state index < -0.39 is 10.0 Å². The van der Waals surface area contributed by atoms with Crippen LogP contribution in [0.2, 0.25) is 0 Å². The molecule has 0 atom stereocenters. The van der Waals surface area contributed by atoms with Crippen LogP contribution in [0.15, 0.2) is 16.3 Å². The summed E-state index contributed by atoms with van der Waals surface area (Å²) in [5, 5.41) is 5.12. The second kappa shape index (κ2) is 7.79. The predicted octanol–water partition coefficient (Wildman–Crippen LogP) is 2.42. The molecule has 1 aromatic heterocycles. The lowest BCUT2D eigenvalue weighted by atomic mass is 10.2. The zero-order valence-electron chi connectivity index (χ0n) is 11.7. The lowest BCUT2D eigenvalue weighted by Crippen LogP contribution is -2.37. The third-order valence-electron chi connectivity index (χ3n) is 3.25. The Kier molecular flexibility index (Phi) is 6.35. The van der Waals surface area contributed by atoms with Gasteiger partial charge in [-0.1, -0.05) is 6.92 Å². The number of thiophene rings is 1. The first-order valence-electron chi connectivity index (χ1n) is 7.00. The molecule has 2 heterocycles. The minimum atomic E-state index is -3.37. The first kappa shape index (κ1) is 16.3. The Balaban J connectivity index is 2.03. The average molecular weight is 335 g/mol. The molecule has 1 fully saturated rings. The van der Waals surface area contributed by atoms with Gasteiger partial charge >= 0.3 is 0 Å². The summed E-state index contributed by atoms with van der Waals surface area (Å²) in [6.45, 7) is 3.63. The second-order valence-corrected chi connectivity index (χ2v) is 8.80. The quantitative estimate of drug-likeness (QED) is 0.752. The number of hydrogen-bond acceptors (Lipinski definition) is 5. The van der Waals surface area contributed by atoms with Crippen molar-refractivity contribution in [2.24, 2.45) is 0 Å². The number of rotatable bonds is 7. The summed E-state index contributed by atoms with van der Waals surface area (Å²) >= 11 is 3.40. The van der Waals surface area contributed by atoms with E-state index in [1.165, 1.54) is 11.3 Å². The molecule has 0 unspecified atom stereocenters. The molecule has 2 N–H and O–H groups in total. The van der Waals surface area contributed by atoms with Crippen molar-refractivity contribution in [2.45, 2.75) is 43.7 Å². The molecule has 0 amide bonds. The Morgan fingerprint density at radius 3 is 2.80 bits per heavy atom. The zero-order valence-corrected chi connectivity index (χ0v) is 14.2. The maximum absolute atomic E-state index is 12.5. The van der Waals surface area contributed by atoms with Crippen LogP contribution in [0.25, 0.3) is 0 Å². The van der Waals surface area contributed by atoms with Crippen molar-refractivity contribution in [1.29, 1.82) is 0 Å². The van der Waals surface area contributed by atoms with Crippen LogP contribution in [0.5, 0.6) is 0 Å².